The molecule has 1 atom stereocenters. The Bertz CT molecular complexity index is 780. The lowest BCUT2D eigenvalue weighted by molar-refractivity contribution is -0.147. The Hall–Kier alpha value is -3.22. The van der Waals surface area contributed by atoms with E-state index in [0.29, 0.717) is 0 Å². The molecule has 0 aliphatic carbocycles. The predicted molar refractivity (Wildman–Crippen MR) is 92.7 cm³/mol. The lowest BCUT2D eigenvalue weighted by Crippen LogP contribution is -2.35. The van der Waals surface area contributed by atoms with Crippen LogP contribution in [0.5, 0.6) is 0 Å². The average molecular weight is 358 g/mol. The van der Waals surface area contributed by atoms with Crippen LogP contribution in [0.4, 0.5) is 4.39 Å². The molecule has 6 nitrogen and oxygen atoms in total. The maximum absolute atomic E-state index is 13.4. The molecule has 2 rings (SSSR count). The second-order valence-electron chi connectivity index (χ2n) is 5.52. The Balaban J connectivity index is 1.72. The third-order valence-electron chi connectivity index (χ3n) is 3.55. The van der Waals surface area contributed by atoms with Crippen LogP contribution in [0.25, 0.3) is 0 Å². The number of benzene rings is 2. The van der Waals surface area contributed by atoms with Crippen molar-refractivity contribution in [2.45, 2.75) is 13.0 Å². The van der Waals surface area contributed by atoms with Gasteiger partial charge in [0.05, 0.1) is 11.6 Å². The van der Waals surface area contributed by atoms with Crippen LogP contribution in [0.1, 0.15) is 28.9 Å². The van der Waals surface area contributed by atoms with Gasteiger partial charge in [0.15, 0.2) is 6.61 Å². The molecule has 26 heavy (non-hydrogen) atoms. The lowest BCUT2D eigenvalue weighted by Gasteiger charge is -2.14. The normalized spacial score (nSPS) is 11.3. The van der Waals surface area contributed by atoms with E-state index < -0.39 is 36.8 Å². The third kappa shape index (κ3) is 5.70. The van der Waals surface area contributed by atoms with Crippen LogP contribution in [0.2, 0.25) is 0 Å². The standard InChI is InChI=1S/C19H19FN2O4/c1-13(14-7-3-2-4-8-14)22-17(23)12-26-18(24)11-21-19(25)15-9-5-6-10-16(15)20/h2-10,13H,11-12H2,1H3,(H,21,25)(H,22,23)/t13-/m1/s1. The van der Waals surface area contributed by atoms with E-state index >= 15 is 0 Å². The third-order valence-corrected chi connectivity index (χ3v) is 3.55. The van der Waals surface area contributed by atoms with Crippen molar-refractivity contribution in [3.05, 3.63) is 71.5 Å². The maximum Gasteiger partial charge on any atom is 0.325 e. The minimum Gasteiger partial charge on any atom is -0.454 e. The van der Waals surface area contributed by atoms with Crippen LogP contribution in [0.15, 0.2) is 54.6 Å². The lowest BCUT2D eigenvalue weighted by atomic mass is 10.1. The molecule has 0 spiro atoms. The molecule has 0 aliphatic rings. The summed E-state index contributed by atoms with van der Waals surface area (Å²) in [5.74, 6) is -2.68. The molecular formula is C19H19FN2O4. The Morgan fingerprint density at radius 2 is 1.69 bits per heavy atom. The molecule has 0 aromatic heterocycles. The average Bonchev–Trinajstić information content (AvgIpc) is 2.65. The number of hydrogen-bond donors (Lipinski definition) is 2. The number of carbonyl (C=O) groups is 3. The molecule has 0 saturated carbocycles. The number of rotatable bonds is 7. The van der Waals surface area contributed by atoms with E-state index in [1.54, 1.807) is 0 Å². The van der Waals surface area contributed by atoms with E-state index in [4.69, 9.17) is 4.74 Å². The van der Waals surface area contributed by atoms with Crippen molar-refractivity contribution in [3.63, 3.8) is 0 Å². The molecule has 2 aromatic rings. The minimum absolute atomic E-state index is 0.172. The number of amides is 2. The first-order chi connectivity index (χ1) is 12.5. The number of esters is 1. The van der Waals surface area contributed by atoms with Crippen molar-refractivity contribution in [2.75, 3.05) is 13.2 Å². The number of nitrogens with one attached hydrogen (secondary N) is 2. The molecule has 7 heteroatoms. The summed E-state index contributed by atoms with van der Waals surface area (Å²) in [6, 6.07) is 14.5. The molecule has 0 saturated heterocycles. The predicted octanol–water partition coefficient (Wildman–Crippen LogP) is 1.98. The van der Waals surface area contributed by atoms with Crippen molar-refractivity contribution in [1.29, 1.82) is 0 Å². The van der Waals surface area contributed by atoms with Gasteiger partial charge in [-0.15, -0.1) is 0 Å². The van der Waals surface area contributed by atoms with Gasteiger partial charge in [-0.05, 0) is 24.6 Å². The number of halogens is 1. The van der Waals surface area contributed by atoms with Crippen molar-refractivity contribution < 1.29 is 23.5 Å². The summed E-state index contributed by atoms with van der Waals surface area (Å²) in [5, 5.41) is 4.94. The van der Waals surface area contributed by atoms with Crippen LogP contribution < -0.4 is 10.6 Å². The maximum atomic E-state index is 13.4. The number of carbonyl (C=O) groups excluding carboxylic acids is 3. The summed E-state index contributed by atoms with van der Waals surface area (Å²) in [4.78, 5) is 35.2. The van der Waals surface area contributed by atoms with Crippen LogP contribution in [-0.4, -0.2) is 30.9 Å². The Kier molecular flexibility index (Phi) is 6.84. The first-order valence-corrected chi connectivity index (χ1v) is 8.00. The fraction of sp³-hybridized carbons (Fsp3) is 0.211. The highest BCUT2D eigenvalue weighted by Gasteiger charge is 2.14. The first kappa shape index (κ1) is 19.1. The van der Waals surface area contributed by atoms with Gasteiger partial charge in [-0.2, -0.15) is 0 Å². The van der Waals surface area contributed by atoms with Gasteiger partial charge in [-0.25, -0.2) is 4.39 Å². The molecule has 0 heterocycles. The summed E-state index contributed by atoms with van der Waals surface area (Å²) in [5.41, 5.74) is 0.749. The Morgan fingerprint density at radius 3 is 2.38 bits per heavy atom. The van der Waals surface area contributed by atoms with Gasteiger partial charge >= 0.3 is 5.97 Å². The van der Waals surface area contributed by atoms with Gasteiger partial charge < -0.3 is 15.4 Å². The Morgan fingerprint density at radius 1 is 1.04 bits per heavy atom. The van der Waals surface area contributed by atoms with Gasteiger partial charge in [-0.1, -0.05) is 42.5 Å². The van der Waals surface area contributed by atoms with E-state index in [1.807, 2.05) is 37.3 Å². The molecule has 2 aromatic carbocycles. The van der Waals surface area contributed by atoms with Crippen molar-refractivity contribution in [1.82, 2.24) is 10.6 Å². The molecule has 2 N–H and O–H groups in total. The van der Waals surface area contributed by atoms with Crippen LogP contribution in [-0.2, 0) is 14.3 Å². The second kappa shape index (κ2) is 9.31. The fourth-order valence-electron chi connectivity index (χ4n) is 2.20. The highest BCUT2D eigenvalue weighted by molar-refractivity contribution is 5.96. The summed E-state index contributed by atoms with van der Waals surface area (Å²) < 4.78 is 18.2. The van der Waals surface area contributed by atoms with Crippen molar-refractivity contribution in [2.24, 2.45) is 0 Å². The molecule has 136 valence electrons. The van der Waals surface area contributed by atoms with E-state index in [0.717, 1.165) is 11.6 Å². The SMILES string of the molecule is C[C@@H](NC(=O)COC(=O)CNC(=O)c1ccccc1F)c1ccccc1. The topological polar surface area (TPSA) is 84.5 Å². The van der Waals surface area contributed by atoms with Gasteiger partial charge in [0.25, 0.3) is 11.8 Å². The van der Waals surface area contributed by atoms with Gasteiger partial charge in [0.1, 0.15) is 12.4 Å². The van der Waals surface area contributed by atoms with Gasteiger partial charge in [0.2, 0.25) is 0 Å². The van der Waals surface area contributed by atoms with Crippen molar-refractivity contribution in [3.8, 4) is 0 Å². The monoisotopic (exact) mass is 358 g/mol. The Labute approximate surface area is 150 Å². The summed E-state index contributed by atoms with van der Waals surface area (Å²) in [6.07, 6.45) is 0. The zero-order chi connectivity index (χ0) is 18.9. The highest BCUT2D eigenvalue weighted by Crippen LogP contribution is 2.10. The van der Waals surface area contributed by atoms with Crippen LogP contribution >= 0.6 is 0 Å². The first-order valence-electron chi connectivity index (χ1n) is 8.00. The molecule has 0 radical (unpaired) electrons. The fourth-order valence-corrected chi connectivity index (χ4v) is 2.20. The summed E-state index contributed by atoms with van der Waals surface area (Å²) >= 11 is 0. The van der Waals surface area contributed by atoms with E-state index in [9.17, 15) is 18.8 Å². The van der Waals surface area contributed by atoms with E-state index in [-0.39, 0.29) is 11.6 Å². The molecular weight excluding hydrogens is 339 g/mol. The summed E-state index contributed by atoms with van der Waals surface area (Å²) in [6.45, 7) is 0.879. The zero-order valence-corrected chi connectivity index (χ0v) is 14.2. The molecule has 0 unspecified atom stereocenters. The zero-order valence-electron chi connectivity index (χ0n) is 14.2. The number of ether oxygens (including phenoxy) is 1. The van der Waals surface area contributed by atoms with Gasteiger partial charge in [0, 0.05) is 0 Å². The highest BCUT2D eigenvalue weighted by atomic mass is 19.1. The molecule has 0 aliphatic heterocycles. The second-order valence-corrected chi connectivity index (χ2v) is 5.52. The quantitative estimate of drug-likeness (QED) is 0.741. The van der Waals surface area contributed by atoms with Crippen molar-refractivity contribution >= 4 is 17.8 Å². The smallest absolute Gasteiger partial charge is 0.325 e. The van der Waals surface area contributed by atoms with E-state index in [1.165, 1.54) is 18.2 Å². The number of hydrogen-bond acceptors (Lipinski definition) is 4. The van der Waals surface area contributed by atoms with E-state index in [2.05, 4.69) is 10.6 Å². The van der Waals surface area contributed by atoms with Crippen LogP contribution in [0.3, 0.4) is 0 Å². The molecule has 0 fully saturated rings. The summed E-state index contributed by atoms with van der Waals surface area (Å²) in [7, 11) is 0. The molecule has 0 bridgehead atoms. The molecule has 2 amide bonds. The van der Waals surface area contributed by atoms with Gasteiger partial charge in [-0.3, -0.25) is 14.4 Å². The largest absolute Gasteiger partial charge is 0.454 e. The minimum atomic E-state index is -0.794. The van der Waals surface area contributed by atoms with Crippen LogP contribution in [0, 0.1) is 5.82 Å².